The Hall–Kier alpha value is -2.29. The van der Waals surface area contributed by atoms with Crippen molar-refractivity contribution in [1.82, 2.24) is 0 Å². The maximum absolute atomic E-state index is 11.8. The molecule has 2 unspecified atom stereocenters. The van der Waals surface area contributed by atoms with Crippen LogP contribution < -0.4 is 0 Å². The molecule has 0 aliphatic heterocycles. The van der Waals surface area contributed by atoms with Gasteiger partial charge in [0.1, 0.15) is 17.3 Å². The molecule has 0 bridgehead atoms. The minimum absolute atomic E-state index is 0.128. The Morgan fingerprint density at radius 1 is 0.739 bits per heavy atom. The third-order valence-electron chi connectivity index (χ3n) is 5.71. The zero-order valence-electron chi connectivity index (χ0n) is 12.9. The Kier molecular flexibility index (Phi) is 3.19. The van der Waals surface area contributed by atoms with E-state index in [0.717, 1.165) is 12.8 Å². The fourth-order valence-corrected chi connectivity index (χ4v) is 4.66. The predicted octanol–water partition coefficient (Wildman–Crippen LogP) is 3.77. The van der Waals surface area contributed by atoms with E-state index in [1.807, 2.05) is 24.3 Å². The van der Waals surface area contributed by atoms with Gasteiger partial charge in [0.15, 0.2) is 0 Å². The van der Waals surface area contributed by atoms with Gasteiger partial charge in [0.2, 0.25) is 0 Å². The molecular formula is C20H20O3. The number of ketones is 1. The van der Waals surface area contributed by atoms with Gasteiger partial charge in [-0.25, -0.2) is 0 Å². The van der Waals surface area contributed by atoms with E-state index in [0.29, 0.717) is 30.5 Å². The van der Waals surface area contributed by atoms with E-state index in [4.69, 9.17) is 0 Å². The lowest BCUT2D eigenvalue weighted by molar-refractivity contribution is -0.117. The van der Waals surface area contributed by atoms with Gasteiger partial charge in [-0.15, -0.1) is 0 Å². The summed E-state index contributed by atoms with van der Waals surface area (Å²) in [4.78, 5) is 11.8. The largest absolute Gasteiger partial charge is 0.508 e. The highest BCUT2D eigenvalue weighted by molar-refractivity contribution is 5.81. The number of phenolic OH excluding ortho intramolecular Hbond substituents is 2. The van der Waals surface area contributed by atoms with E-state index in [9.17, 15) is 15.0 Å². The molecule has 0 amide bonds. The lowest BCUT2D eigenvalue weighted by Crippen LogP contribution is -2.25. The zero-order chi connectivity index (χ0) is 16.0. The predicted molar refractivity (Wildman–Crippen MR) is 87.4 cm³/mol. The maximum Gasteiger partial charge on any atom is 0.133 e. The Morgan fingerprint density at radius 3 is 1.52 bits per heavy atom. The number of hydrogen-bond acceptors (Lipinski definition) is 3. The van der Waals surface area contributed by atoms with Crippen LogP contribution in [0.1, 0.15) is 36.8 Å². The van der Waals surface area contributed by atoms with Crippen molar-refractivity contribution in [2.45, 2.75) is 31.1 Å². The van der Waals surface area contributed by atoms with Crippen molar-refractivity contribution in [3.05, 3.63) is 59.7 Å². The van der Waals surface area contributed by atoms with Gasteiger partial charge in [-0.1, -0.05) is 24.3 Å². The van der Waals surface area contributed by atoms with Gasteiger partial charge < -0.3 is 10.2 Å². The molecule has 2 N–H and O–H groups in total. The molecule has 118 valence electrons. The van der Waals surface area contributed by atoms with Gasteiger partial charge in [-0.05, 0) is 60.1 Å². The van der Waals surface area contributed by atoms with Gasteiger partial charge in [-0.3, -0.25) is 4.79 Å². The molecule has 4 rings (SSSR count). The quantitative estimate of drug-likeness (QED) is 0.888. The van der Waals surface area contributed by atoms with Gasteiger partial charge in [0, 0.05) is 18.3 Å². The van der Waals surface area contributed by atoms with Crippen molar-refractivity contribution in [2.24, 2.45) is 11.8 Å². The molecule has 23 heavy (non-hydrogen) atoms. The maximum atomic E-state index is 11.8. The van der Waals surface area contributed by atoms with Crippen LogP contribution in [0.15, 0.2) is 48.5 Å². The fraction of sp³-hybridized carbons (Fsp3) is 0.350. The van der Waals surface area contributed by atoms with Crippen LogP contribution >= 0.6 is 0 Å². The standard InChI is InChI=1S/C20H20O3/c21-17-5-1-15(2-6-17)20(16-3-7-18(22)8-4-16)11-13-9-19(23)10-14(13)12-20/h1-8,13-14,21-22H,9-12H2. The third kappa shape index (κ3) is 2.31. The van der Waals surface area contributed by atoms with Crippen LogP contribution in [0.5, 0.6) is 11.5 Å². The van der Waals surface area contributed by atoms with Gasteiger partial charge in [-0.2, -0.15) is 0 Å². The van der Waals surface area contributed by atoms with Crippen molar-refractivity contribution in [3.8, 4) is 11.5 Å². The van der Waals surface area contributed by atoms with E-state index < -0.39 is 0 Å². The second-order valence-electron chi connectivity index (χ2n) is 7.05. The lowest BCUT2D eigenvalue weighted by Gasteiger charge is -2.32. The summed E-state index contributed by atoms with van der Waals surface area (Å²) < 4.78 is 0. The van der Waals surface area contributed by atoms with Crippen molar-refractivity contribution < 1.29 is 15.0 Å². The highest BCUT2D eigenvalue weighted by Crippen LogP contribution is 2.56. The summed E-state index contributed by atoms with van der Waals surface area (Å²) in [6.07, 6.45) is 3.31. The van der Waals surface area contributed by atoms with E-state index in [1.54, 1.807) is 24.3 Å². The molecule has 0 radical (unpaired) electrons. The average molecular weight is 308 g/mol. The van der Waals surface area contributed by atoms with Gasteiger partial charge in [0.05, 0.1) is 0 Å². The van der Waals surface area contributed by atoms with Gasteiger partial charge in [0.25, 0.3) is 0 Å². The Balaban J connectivity index is 1.80. The Labute approximate surface area is 135 Å². The molecule has 0 aromatic heterocycles. The number of carbonyl (C=O) groups excluding carboxylic acids is 1. The monoisotopic (exact) mass is 308 g/mol. The molecule has 0 saturated heterocycles. The first-order valence-corrected chi connectivity index (χ1v) is 8.17. The molecule has 2 aliphatic rings. The highest BCUT2D eigenvalue weighted by Gasteiger charge is 2.50. The second kappa shape index (κ2) is 5.12. The van der Waals surface area contributed by atoms with Crippen LogP contribution in [-0.4, -0.2) is 16.0 Å². The molecule has 2 aromatic carbocycles. The number of benzene rings is 2. The summed E-state index contributed by atoms with van der Waals surface area (Å²) >= 11 is 0. The fourth-order valence-electron chi connectivity index (χ4n) is 4.66. The number of hydrogen-bond donors (Lipinski definition) is 2. The summed E-state index contributed by atoms with van der Waals surface area (Å²) in [5, 5.41) is 19.2. The number of carbonyl (C=O) groups is 1. The van der Waals surface area contributed by atoms with E-state index in [1.165, 1.54) is 11.1 Å². The second-order valence-corrected chi connectivity index (χ2v) is 7.05. The SMILES string of the molecule is O=C1CC2CC(c3ccc(O)cc3)(c3ccc(O)cc3)CC2C1. The summed E-state index contributed by atoms with van der Waals surface area (Å²) in [6.45, 7) is 0. The van der Waals surface area contributed by atoms with Crippen LogP contribution in [0, 0.1) is 11.8 Å². The van der Waals surface area contributed by atoms with Crippen LogP contribution in [0.4, 0.5) is 0 Å². The minimum atomic E-state index is -0.128. The number of aromatic hydroxyl groups is 2. The number of Topliss-reactive ketones (excluding diaryl/α,β-unsaturated/α-hetero) is 1. The normalized spacial score (nSPS) is 25.5. The summed E-state index contributed by atoms with van der Waals surface area (Å²) in [7, 11) is 0. The first-order chi connectivity index (χ1) is 11.1. The first-order valence-electron chi connectivity index (χ1n) is 8.17. The molecule has 0 spiro atoms. The smallest absolute Gasteiger partial charge is 0.133 e. The summed E-state index contributed by atoms with van der Waals surface area (Å²) in [6, 6.07) is 14.9. The van der Waals surface area contributed by atoms with E-state index in [-0.39, 0.29) is 16.9 Å². The molecule has 2 saturated carbocycles. The van der Waals surface area contributed by atoms with Crippen LogP contribution in [0.2, 0.25) is 0 Å². The molecule has 2 aromatic rings. The molecule has 0 heterocycles. The number of fused-ring (bicyclic) bond motifs is 1. The van der Waals surface area contributed by atoms with Crippen LogP contribution in [-0.2, 0) is 10.2 Å². The van der Waals surface area contributed by atoms with Crippen molar-refractivity contribution in [3.63, 3.8) is 0 Å². The van der Waals surface area contributed by atoms with Crippen molar-refractivity contribution >= 4 is 5.78 Å². The number of rotatable bonds is 2. The van der Waals surface area contributed by atoms with E-state index in [2.05, 4.69) is 0 Å². The zero-order valence-corrected chi connectivity index (χ0v) is 12.9. The molecule has 2 aliphatic carbocycles. The Bertz CT molecular complexity index is 667. The molecule has 2 fully saturated rings. The summed E-state index contributed by atoms with van der Waals surface area (Å²) in [5.74, 6) is 1.83. The lowest BCUT2D eigenvalue weighted by atomic mass is 9.71. The van der Waals surface area contributed by atoms with Gasteiger partial charge >= 0.3 is 0 Å². The van der Waals surface area contributed by atoms with Crippen molar-refractivity contribution in [2.75, 3.05) is 0 Å². The number of phenols is 2. The molecule has 3 nitrogen and oxygen atoms in total. The summed E-state index contributed by atoms with van der Waals surface area (Å²) in [5.41, 5.74) is 2.24. The molecule has 3 heteroatoms. The average Bonchev–Trinajstić information content (AvgIpc) is 3.03. The molecule has 2 atom stereocenters. The topological polar surface area (TPSA) is 57.5 Å². The minimum Gasteiger partial charge on any atom is -0.508 e. The van der Waals surface area contributed by atoms with E-state index >= 15 is 0 Å². The highest BCUT2D eigenvalue weighted by atomic mass is 16.3. The van der Waals surface area contributed by atoms with Crippen LogP contribution in [0.25, 0.3) is 0 Å². The van der Waals surface area contributed by atoms with Crippen molar-refractivity contribution in [1.29, 1.82) is 0 Å². The first kappa shape index (κ1) is 14.3. The van der Waals surface area contributed by atoms with Crippen LogP contribution in [0.3, 0.4) is 0 Å². The Morgan fingerprint density at radius 2 is 1.13 bits per heavy atom. The third-order valence-corrected chi connectivity index (χ3v) is 5.71. The molecular weight excluding hydrogens is 288 g/mol.